The van der Waals surface area contributed by atoms with Crippen LogP contribution in [0.5, 0.6) is 0 Å². The van der Waals surface area contributed by atoms with E-state index in [-0.39, 0.29) is 24.7 Å². The van der Waals surface area contributed by atoms with E-state index in [1.165, 1.54) is 27.7 Å². The van der Waals surface area contributed by atoms with Crippen LogP contribution in [0.15, 0.2) is 36.7 Å². The molecule has 0 spiro atoms. The molecule has 0 saturated carbocycles. The number of rotatable bonds is 20. The number of carbonyl (C=O) groups is 8. The van der Waals surface area contributed by atoms with Gasteiger partial charge in [0.15, 0.2) is 36.6 Å². The van der Waals surface area contributed by atoms with Crippen LogP contribution >= 0.6 is 23.5 Å². The Bertz CT molecular complexity index is 2140. The molecular formula is C42H52N6O18S2. The fourth-order valence-corrected chi connectivity index (χ4v) is 9.34. The van der Waals surface area contributed by atoms with Gasteiger partial charge in [0, 0.05) is 79.3 Å². The molecule has 10 atom stereocenters. The first-order valence-corrected chi connectivity index (χ1v) is 23.0. The summed E-state index contributed by atoms with van der Waals surface area (Å²) in [5.41, 5.74) is 0.769. The lowest BCUT2D eigenvalue weighted by molar-refractivity contribution is -0.237. The molecule has 2 saturated heterocycles. The van der Waals surface area contributed by atoms with E-state index in [9.17, 15) is 38.4 Å². The molecule has 4 heterocycles. The molecule has 0 bridgehead atoms. The third-order valence-electron chi connectivity index (χ3n) is 9.64. The number of esters is 8. The Morgan fingerprint density at radius 3 is 1.13 bits per heavy atom. The number of thioether (sulfide) groups is 2. The van der Waals surface area contributed by atoms with Crippen molar-refractivity contribution in [3.63, 3.8) is 0 Å². The van der Waals surface area contributed by atoms with E-state index in [0.717, 1.165) is 62.3 Å². The Hall–Kier alpha value is -6.12. The maximum absolute atomic E-state index is 12.3. The van der Waals surface area contributed by atoms with Crippen LogP contribution in [0.4, 0.5) is 0 Å². The lowest BCUT2D eigenvalue weighted by Gasteiger charge is -2.44. The Morgan fingerprint density at radius 1 is 0.485 bits per heavy atom. The predicted octanol–water partition coefficient (Wildman–Crippen LogP) is 1.60. The average molecular weight is 993 g/mol. The van der Waals surface area contributed by atoms with Crippen LogP contribution in [0, 0.1) is 0 Å². The summed E-state index contributed by atoms with van der Waals surface area (Å²) >= 11 is 2.29. The van der Waals surface area contributed by atoms with Crippen molar-refractivity contribution in [1.82, 2.24) is 30.0 Å². The fourth-order valence-electron chi connectivity index (χ4n) is 7.16. The monoisotopic (exact) mass is 992 g/mol. The van der Waals surface area contributed by atoms with Crippen LogP contribution in [0.1, 0.15) is 77.9 Å². The van der Waals surface area contributed by atoms with E-state index in [1.54, 1.807) is 21.8 Å². The summed E-state index contributed by atoms with van der Waals surface area (Å²) in [5.74, 6) is -5.28. The van der Waals surface area contributed by atoms with Crippen LogP contribution in [0.2, 0.25) is 0 Å². The van der Waals surface area contributed by atoms with Crippen molar-refractivity contribution >= 4 is 71.3 Å². The van der Waals surface area contributed by atoms with Crippen molar-refractivity contribution in [2.45, 2.75) is 140 Å². The number of benzene rings is 1. The number of carbonyl (C=O) groups excluding carboxylic acids is 8. The molecule has 0 aliphatic carbocycles. The molecule has 0 radical (unpaired) electrons. The van der Waals surface area contributed by atoms with Gasteiger partial charge in [-0.15, -0.1) is 33.7 Å². The van der Waals surface area contributed by atoms with E-state index in [2.05, 4.69) is 20.6 Å². The van der Waals surface area contributed by atoms with Gasteiger partial charge in [0.05, 0.1) is 24.5 Å². The first kappa shape index (κ1) is 52.8. The van der Waals surface area contributed by atoms with Crippen LogP contribution in [-0.2, 0) is 110 Å². The summed E-state index contributed by atoms with van der Waals surface area (Å²) in [4.78, 5) is 96.6. The smallest absolute Gasteiger partial charge is 0.303 e. The second kappa shape index (κ2) is 24.8. The minimum atomic E-state index is -1.30. The lowest BCUT2D eigenvalue weighted by Crippen LogP contribution is -2.61. The molecule has 5 rings (SSSR count). The Labute approximate surface area is 397 Å². The normalized spacial score (nSPS) is 24.4. The highest BCUT2D eigenvalue weighted by molar-refractivity contribution is 7.99. The standard InChI is InChI=1S/C42H52N6O18S2/c1-21(49)57-17-33-35(59-23(3)51)37(61-25(5)53)39(63-27(7)55)41(65-33)67-19-31-15-47(45-43-31)13-29-11-9-10-12-30(29)14-48-16-32(44-46-48)20-68-42-40(64-28(8)56)38(62-26(6)54)36(60-24(4)52)34(66-42)18-58-22(2)50/h9-12,15-16,33-42H,13-14,17-20H2,1-8H3/t33-,34-,35-,36-,37+,38+,39+,40+,41-,42-/m1/s1. The van der Waals surface area contributed by atoms with E-state index in [1.807, 2.05) is 24.3 Å². The van der Waals surface area contributed by atoms with Crippen molar-refractivity contribution in [2.24, 2.45) is 0 Å². The summed E-state index contributed by atoms with van der Waals surface area (Å²) in [5, 5.41) is 17.2. The van der Waals surface area contributed by atoms with Gasteiger partial charge in [0.1, 0.15) is 36.3 Å². The predicted molar refractivity (Wildman–Crippen MR) is 231 cm³/mol. The highest BCUT2D eigenvalue weighted by Gasteiger charge is 2.53. The average Bonchev–Trinajstić information content (AvgIpc) is 3.90. The SMILES string of the molecule is CC(=O)OC[C@H]1O[C@H](SCc2cn(Cc3ccccc3Cn3cc(CS[C@H]4O[C@H](COC(C)=O)[C@@H](OC(C)=O)[C@H](OC(C)=O)[C@@H]4OC(C)=O)nn3)nn2)[C@@H](OC(C)=O)[C@@H](OC(C)=O)[C@@H]1OC(C)=O. The van der Waals surface area contributed by atoms with E-state index >= 15 is 0 Å². The third-order valence-corrected chi connectivity index (χ3v) is 12.0. The van der Waals surface area contributed by atoms with Gasteiger partial charge in [-0.05, 0) is 11.1 Å². The van der Waals surface area contributed by atoms with E-state index in [4.69, 9.17) is 47.4 Å². The summed E-state index contributed by atoms with van der Waals surface area (Å²) in [6.45, 7) is 9.19. The highest BCUT2D eigenvalue weighted by atomic mass is 32.2. The van der Waals surface area contributed by atoms with Gasteiger partial charge in [-0.25, -0.2) is 9.36 Å². The van der Waals surface area contributed by atoms with Gasteiger partial charge in [0.25, 0.3) is 0 Å². The molecule has 26 heteroatoms. The summed E-state index contributed by atoms with van der Waals surface area (Å²) < 4.78 is 59.1. The number of aromatic nitrogens is 6. The maximum atomic E-state index is 12.3. The summed E-state index contributed by atoms with van der Waals surface area (Å²) in [6.07, 6.45) is -6.38. The van der Waals surface area contributed by atoms with Crippen molar-refractivity contribution in [3.05, 3.63) is 59.2 Å². The van der Waals surface area contributed by atoms with Crippen molar-refractivity contribution in [2.75, 3.05) is 13.2 Å². The molecule has 2 aliphatic heterocycles. The number of hydrogen-bond donors (Lipinski definition) is 0. The highest BCUT2D eigenvalue weighted by Crippen LogP contribution is 2.37. The Morgan fingerprint density at radius 2 is 0.809 bits per heavy atom. The molecule has 370 valence electrons. The van der Waals surface area contributed by atoms with Gasteiger partial charge in [-0.3, -0.25) is 38.4 Å². The molecule has 0 amide bonds. The number of ether oxygens (including phenoxy) is 10. The van der Waals surface area contributed by atoms with E-state index < -0.39 is 107 Å². The largest absolute Gasteiger partial charge is 0.463 e. The van der Waals surface area contributed by atoms with Crippen LogP contribution in [-0.4, -0.2) is 151 Å². The second-order valence-electron chi connectivity index (χ2n) is 15.3. The van der Waals surface area contributed by atoms with Gasteiger partial charge < -0.3 is 47.4 Å². The van der Waals surface area contributed by atoms with Crippen LogP contribution in [0.3, 0.4) is 0 Å². The zero-order valence-electron chi connectivity index (χ0n) is 38.3. The van der Waals surface area contributed by atoms with E-state index in [0.29, 0.717) is 24.5 Å². The molecule has 2 aromatic heterocycles. The molecule has 0 unspecified atom stereocenters. The number of hydrogen-bond acceptors (Lipinski definition) is 24. The minimum absolute atomic E-state index is 0.173. The molecule has 24 nitrogen and oxygen atoms in total. The van der Waals surface area contributed by atoms with Crippen molar-refractivity contribution in [3.8, 4) is 0 Å². The fraction of sp³-hybridized carbons (Fsp3) is 0.571. The molecule has 0 N–H and O–H groups in total. The molecule has 2 fully saturated rings. The van der Waals surface area contributed by atoms with Gasteiger partial charge in [-0.2, -0.15) is 0 Å². The Kier molecular flexibility index (Phi) is 19.2. The summed E-state index contributed by atoms with van der Waals surface area (Å²) in [6, 6.07) is 7.57. The van der Waals surface area contributed by atoms with Gasteiger partial charge in [-0.1, -0.05) is 34.7 Å². The maximum Gasteiger partial charge on any atom is 0.303 e. The van der Waals surface area contributed by atoms with Gasteiger partial charge in [0.2, 0.25) is 0 Å². The molecule has 3 aromatic rings. The minimum Gasteiger partial charge on any atom is -0.463 e. The Balaban J connectivity index is 1.27. The zero-order chi connectivity index (χ0) is 49.7. The zero-order valence-corrected chi connectivity index (χ0v) is 40.0. The lowest BCUT2D eigenvalue weighted by atomic mass is 9.99. The summed E-state index contributed by atoms with van der Waals surface area (Å²) in [7, 11) is 0. The molecule has 2 aliphatic rings. The second-order valence-corrected chi connectivity index (χ2v) is 17.5. The molecule has 68 heavy (non-hydrogen) atoms. The van der Waals surface area contributed by atoms with Crippen molar-refractivity contribution in [1.29, 1.82) is 0 Å². The quantitative estimate of drug-likeness (QED) is 0.115. The van der Waals surface area contributed by atoms with Crippen LogP contribution < -0.4 is 0 Å². The molecule has 1 aromatic carbocycles. The third kappa shape index (κ3) is 15.7. The van der Waals surface area contributed by atoms with Crippen molar-refractivity contribution < 1.29 is 85.7 Å². The first-order valence-electron chi connectivity index (χ1n) is 20.9. The first-order chi connectivity index (χ1) is 32.3. The topological polar surface area (TPSA) is 290 Å². The van der Waals surface area contributed by atoms with Crippen LogP contribution in [0.25, 0.3) is 0 Å². The molecular weight excluding hydrogens is 941 g/mol. The van der Waals surface area contributed by atoms with Gasteiger partial charge >= 0.3 is 47.8 Å². The number of nitrogens with zero attached hydrogens (tertiary/aromatic N) is 6.